The third-order valence-electron chi connectivity index (χ3n) is 2.52. The fraction of sp³-hybridized carbons (Fsp3) is 0.167. The van der Waals surface area contributed by atoms with Crippen LogP contribution in [0, 0.1) is 5.82 Å². The van der Waals surface area contributed by atoms with Crippen LogP contribution in [-0.4, -0.2) is 20.6 Å². The molecule has 0 fully saturated rings. The molecule has 0 aliphatic heterocycles. The van der Waals surface area contributed by atoms with Gasteiger partial charge in [0.05, 0.1) is 6.42 Å². The van der Waals surface area contributed by atoms with E-state index >= 15 is 0 Å². The Morgan fingerprint density at radius 3 is 2.65 bits per heavy atom. The maximum atomic E-state index is 12.8. The van der Waals surface area contributed by atoms with Crippen LogP contribution < -0.4 is 0 Å². The van der Waals surface area contributed by atoms with Gasteiger partial charge in [0.15, 0.2) is 0 Å². The maximum absolute atomic E-state index is 12.8. The highest BCUT2D eigenvalue weighted by molar-refractivity contribution is 5.70. The average Bonchev–Trinajstić information content (AvgIpc) is 2.61. The van der Waals surface area contributed by atoms with Gasteiger partial charge >= 0.3 is 5.97 Å². The van der Waals surface area contributed by atoms with E-state index in [1.807, 2.05) is 0 Å². The molecular weight excluding hydrogens is 223 g/mol. The minimum absolute atomic E-state index is 0.0787. The summed E-state index contributed by atoms with van der Waals surface area (Å²) in [5.74, 6) is -0.589. The zero-order valence-corrected chi connectivity index (χ0v) is 9.22. The van der Waals surface area contributed by atoms with Gasteiger partial charge in [0, 0.05) is 24.5 Å². The summed E-state index contributed by atoms with van der Waals surface area (Å²) in [6, 6.07) is 5.92. The Morgan fingerprint density at radius 1 is 1.41 bits per heavy atom. The van der Waals surface area contributed by atoms with Gasteiger partial charge < -0.3 is 9.67 Å². The largest absolute Gasteiger partial charge is 0.481 e. The van der Waals surface area contributed by atoms with Gasteiger partial charge in [-0.25, -0.2) is 9.37 Å². The van der Waals surface area contributed by atoms with Crippen LogP contribution in [0.2, 0.25) is 0 Å². The standard InChI is InChI=1S/C12H11FN2O2/c1-15-10(6-11(16)17)7-14-12(15)8-2-4-9(13)5-3-8/h2-5,7H,6H2,1H3,(H,16,17). The maximum Gasteiger partial charge on any atom is 0.309 e. The Bertz CT molecular complexity index is 546. The van der Waals surface area contributed by atoms with Crippen molar-refractivity contribution in [1.29, 1.82) is 0 Å². The molecule has 5 heteroatoms. The summed E-state index contributed by atoms with van der Waals surface area (Å²) < 4.78 is 14.5. The highest BCUT2D eigenvalue weighted by Gasteiger charge is 2.11. The van der Waals surface area contributed by atoms with Gasteiger partial charge in [-0.1, -0.05) is 0 Å². The molecule has 1 heterocycles. The van der Waals surface area contributed by atoms with Crippen LogP contribution in [0.15, 0.2) is 30.5 Å². The number of hydrogen-bond acceptors (Lipinski definition) is 2. The molecule has 0 saturated carbocycles. The van der Waals surface area contributed by atoms with Crippen molar-refractivity contribution in [3.8, 4) is 11.4 Å². The second kappa shape index (κ2) is 4.37. The van der Waals surface area contributed by atoms with Gasteiger partial charge in [-0.05, 0) is 24.3 Å². The molecule has 2 rings (SSSR count). The second-order valence-electron chi connectivity index (χ2n) is 3.71. The summed E-state index contributed by atoms with van der Waals surface area (Å²) in [4.78, 5) is 14.8. The molecule has 4 nitrogen and oxygen atoms in total. The molecule has 0 amide bonds. The molecule has 1 aromatic carbocycles. The zero-order chi connectivity index (χ0) is 12.4. The highest BCUT2D eigenvalue weighted by atomic mass is 19.1. The van der Waals surface area contributed by atoms with Crippen LogP contribution >= 0.6 is 0 Å². The zero-order valence-electron chi connectivity index (χ0n) is 9.22. The number of carboxylic acid groups (broad SMARTS) is 1. The van der Waals surface area contributed by atoms with E-state index in [-0.39, 0.29) is 12.2 Å². The summed E-state index contributed by atoms with van der Waals surface area (Å²) in [5.41, 5.74) is 1.36. The summed E-state index contributed by atoms with van der Waals surface area (Å²) in [6.07, 6.45) is 1.44. The van der Waals surface area contributed by atoms with E-state index in [2.05, 4.69) is 4.98 Å². The number of aromatic nitrogens is 2. The number of halogens is 1. The molecule has 0 saturated heterocycles. The predicted octanol–water partition coefficient (Wildman–Crippen LogP) is 1.85. The molecular formula is C12H11FN2O2. The number of benzene rings is 1. The minimum Gasteiger partial charge on any atom is -0.481 e. The van der Waals surface area contributed by atoms with Crippen LogP contribution in [0.3, 0.4) is 0 Å². The number of hydrogen-bond donors (Lipinski definition) is 1. The fourth-order valence-electron chi connectivity index (χ4n) is 1.63. The van der Waals surface area contributed by atoms with Crippen molar-refractivity contribution >= 4 is 5.97 Å². The Morgan fingerprint density at radius 2 is 2.06 bits per heavy atom. The first-order valence-corrected chi connectivity index (χ1v) is 5.06. The summed E-state index contributed by atoms with van der Waals surface area (Å²) in [6.45, 7) is 0. The fourth-order valence-corrected chi connectivity index (χ4v) is 1.63. The van der Waals surface area contributed by atoms with Gasteiger partial charge in [-0.2, -0.15) is 0 Å². The van der Waals surface area contributed by atoms with E-state index in [0.717, 1.165) is 5.56 Å². The number of aliphatic carboxylic acids is 1. The third-order valence-corrected chi connectivity index (χ3v) is 2.52. The van der Waals surface area contributed by atoms with E-state index in [4.69, 9.17) is 5.11 Å². The molecule has 1 aromatic heterocycles. The van der Waals surface area contributed by atoms with E-state index in [9.17, 15) is 9.18 Å². The lowest BCUT2D eigenvalue weighted by atomic mass is 10.2. The lowest BCUT2D eigenvalue weighted by Crippen LogP contribution is -2.05. The third kappa shape index (κ3) is 2.33. The quantitative estimate of drug-likeness (QED) is 0.881. The molecule has 0 aliphatic carbocycles. The predicted molar refractivity (Wildman–Crippen MR) is 59.9 cm³/mol. The number of carbonyl (C=O) groups is 1. The normalized spacial score (nSPS) is 10.5. The van der Waals surface area contributed by atoms with Crippen molar-refractivity contribution < 1.29 is 14.3 Å². The molecule has 0 bridgehead atoms. The average molecular weight is 234 g/mol. The summed E-state index contributed by atoms with van der Waals surface area (Å²) >= 11 is 0. The molecule has 0 unspecified atom stereocenters. The van der Waals surface area contributed by atoms with E-state index < -0.39 is 5.97 Å². The number of nitrogens with zero attached hydrogens (tertiary/aromatic N) is 2. The topological polar surface area (TPSA) is 55.1 Å². The monoisotopic (exact) mass is 234 g/mol. The molecule has 88 valence electrons. The van der Waals surface area contributed by atoms with Crippen LogP contribution in [-0.2, 0) is 18.3 Å². The van der Waals surface area contributed by atoms with E-state index in [0.29, 0.717) is 11.5 Å². The molecule has 0 aliphatic rings. The summed E-state index contributed by atoms with van der Waals surface area (Å²) in [5, 5.41) is 8.72. The lowest BCUT2D eigenvalue weighted by Gasteiger charge is -2.04. The van der Waals surface area contributed by atoms with Crippen molar-refractivity contribution in [2.45, 2.75) is 6.42 Å². The smallest absolute Gasteiger partial charge is 0.309 e. The highest BCUT2D eigenvalue weighted by Crippen LogP contribution is 2.19. The summed E-state index contributed by atoms with van der Waals surface area (Å²) in [7, 11) is 1.74. The molecule has 0 atom stereocenters. The van der Waals surface area contributed by atoms with Crippen LogP contribution in [0.1, 0.15) is 5.69 Å². The van der Waals surface area contributed by atoms with Crippen LogP contribution in [0.25, 0.3) is 11.4 Å². The second-order valence-corrected chi connectivity index (χ2v) is 3.71. The van der Waals surface area contributed by atoms with Crippen molar-refractivity contribution in [3.05, 3.63) is 42.0 Å². The lowest BCUT2D eigenvalue weighted by molar-refractivity contribution is -0.136. The Hall–Kier alpha value is -2.17. The molecule has 1 N–H and O–H groups in total. The Balaban J connectivity index is 2.37. The molecule has 2 aromatic rings. The van der Waals surface area contributed by atoms with Gasteiger partial charge in [0.25, 0.3) is 0 Å². The first kappa shape index (κ1) is 11.3. The number of rotatable bonds is 3. The Labute approximate surface area is 97.3 Å². The molecule has 17 heavy (non-hydrogen) atoms. The van der Waals surface area contributed by atoms with E-state index in [1.165, 1.54) is 18.3 Å². The molecule has 0 spiro atoms. The number of carboxylic acids is 1. The van der Waals surface area contributed by atoms with E-state index in [1.54, 1.807) is 23.7 Å². The minimum atomic E-state index is -0.904. The first-order valence-electron chi connectivity index (χ1n) is 5.06. The van der Waals surface area contributed by atoms with Crippen LogP contribution in [0.5, 0.6) is 0 Å². The first-order chi connectivity index (χ1) is 8.08. The van der Waals surface area contributed by atoms with Gasteiger partial charge in [-0.15, -0.1) is 0 Å². The van der Waals surface area contributed by atoms with Crippen LogP contribution in [0.4, 0.5) is 4.39 Å². The van der Waals surface area contributed by atoms with Crippen molar-refractivity contribution in [2.24, 2.45) is 7.05 Å². The SMILES string of the molecule is Cn1c(CC(=O)O)cnc1-c1ccc(F)cc1. The van der Waals surface area contributed by atoms with Crippen molar-refractivity contribution in [3.63, 3.8) is 0 Å². The van der Waals surface area contributed by atoms with Crippen molar-refractivity contribution in [2.75, 3.05) is 0 Å². The molecule has 0 radical (unpaired) electrons. The van der Waals surface area contributed by atoms with Crippen molar-refractivity contribution in [1.82, 2.24) is 9.55 Å². The van der Waals surface area contributed by atoms with Gasteiger partial charge in [0.1, 0.15) is 11.6 Å². The van der Waals surface area contributed by atoms with Gasteiger partial charge in [0.2, 0.25) is 0 Å². The number of imidazole rings is 1. The Kier molecular flexibility index (Phi) is 2.91. The van der Waals surface area contributed by atoms with Gasteiger partial charge in [-0.3, -0.25) is 4.79 Å².